The molecule has 108 valence electrons. The summed E-state index contributed by atoms with van der Waals surface area (Å²) >= 11 is 0. The third-order valence-electron chi connectivity index (χ3n) is 3.80. The Morgan fingerprint density at radius 1 is 1.35 bits per heavy atom. The molecule has 0 heterocycles. The van der Waals surface area contributed by atoms with Crippen LogP contribution >= 0.6 is 0 Å². The quantitative estimate of drug-likeness (QED) is 0.898. The van der Waals surface area contributed by atoms with Crippen LogP contribution in [-0.2, 0) is 16.0 Å². The number of fused-ring (bicyclic) bond motifs is 1. The number of carboxylic acids is 1. The van der Waals surface area contributed by atoms with E-state index < -0.39 is 5.97 Å². The smallest absolute Gasteiger partial charge is 0.323 e. The molecule has 4 heteroatoms. The molecule has 1 aromatic carbocycles. The number of carboxylic acid groups (broad SMARTS) is 1. The molecule has 0 aromatic heterocycles. The monoisotopic (exact) mass is 275 g/mol. The number of carbonyl (C=O) groups is 2. The van der Waals surface area contributed by atoms with Gasteiger partial charge in [-0.05, 0) is 36.8 Å². The number of aliphatic carboxylic acids is 1. The Morgan fingerprint density at radius 2 is 2.10 bits per heavy atom. The summed E-state index contributed by atoms with van der Waals surface area (Å²) in [5, 5.41) is 8.96. The van der Waals surface area contributed by atoms with Gasteiger partial charge < -0.3 is 10.0 Å². The van der Waals surface area contributed by atoms with E-state index in [2.05, 4.69) is 6.07 Å². The molecule has 0 spiro atoms. The van der Waals surface area contributed by atoms with Gasteiger partial charge in [0.2, 0.25) is 5.91 Å². The van der Waals surface area contributed by atoms with Crippen LogP contribution in [0.1, 0.15) is 43.2 Å². The van der Waals surface area contributed by atoms with Crippen molar-refractivity contribution in [3.05, 3.63) is 35.4 Å². The van der Waals surface area contributed by atoms with Crippen LogP contribution in [-0.4, -0.2) is 35.0 Å². The molecule has 0 fully saturated rings. The minimum absolute atomic E-state index is 0.0404. The van der Waals surface area contributed by atoms with Gasteiger partial charge in [-0.1, -0.05) is 31.2 Å². The van der Waals surface area contributed by atoms with Crippen LogP contribution in [0.4, 0.5) is 0 Å². The van der Waals surface area contributed by atoms with Crippen LogP contribution in [0.25, 0.3) is 0 Å². The van der Waals surface area contributed by atoms with E-state index in [9.17, 15) is 9.59 Å². The molecule has 1 amide bonds. The average Bonchev–Trinajstić information content (AvgIpc) is 2.45. The number of rotatable bonds is 5. The van der Waals surface area contributed by atoms with Gasteiger partial charge in [-0.2, -0.15) is 0 Å². The van der Waals surface area contributed by atoms with Crippen LogP contribution in [0.2, 0.25) is 0 Å². The molecule has 20 heavy (non-hydrogen) atoms. The maximum Gasteiger partial charge on any atom is 0.323 e. The second-order valence-electron chi connectivity index (χ2n) is 5.30. The number of hydrogen-bond acceptors (Lipinski definition) is 2. The summed E-state index contributed by atoms with van der Waals surface area (Å²) < 4.78 is 0. The molecular formula is C16H21NO3. The summed E-state index contributed by atoms with van der Waals surface area (Å²) in [5.41, 5.74) is 2.30. The van der Waals surface area contributed by atoms with Crippen molar-refractivity contribution in [2.24, 2.45) is 0 Å². The zero-order valence-corrected chi connectivity index (χ0v) is 11.8. The molecule has 0 saturated heterocycles. The first-order valence-corrected chi connectivity index (χ1v) is 7.22. The van der Waals surface area contributed by atoms with Gasteiger partial charge in [0.15, 0.2) is 0 Å². The van der Waals surface area contributed by atoms with Gasteiger partial charge in [0.1, 0.15) is 6.54 Å². The predicted octanol–water partition coefficient (Wildman–Crippen LogP) is 2.43. The van der Waals surface area contributed by atoms with E-state index in [-0.39, 0.29) is 18.4 Å². The van der Waals surface area contributed by atoms with Crippen molar-refractivity contribution in [3.8, 4) is 0 Å². The van der Waals surface area contributed by atoms with E-state index in [4.69, 9.17) is 5.11 Å². The first-order valence-electron chi connectivity index (χ1n) is 7.22. The van der Waals surface area contributed by atoms with E-state index in [1.807, 2.05) is 25.1 Å². The molecule has 2 rings (SSSR count). The van der Waals surface area contributed by atoms with Crippen molar-refractivity contribution in [1.29, 1.82) is 0 Å². The number of nitrogens with zero attached hydrogens (tertiary/aromatic N) is 1. The minimum Gasteiger partial charge on any atom is -0.480 e. The van der Waals surface area contributed by atoms with Crippen LogP contribution in [0.15, 0.2) is 24.3 Å². The summed E-state index contributed by atoms with van der Waals surface area (Å²) in [5.74, 6) is -1.16. The van der Waals surface area contributed by atoms with E-state index in [1.165, 1.54) is 10.5 Å². The van der Waals surface area contributed by atoms with Crippen molar-refractivity contribution < 1.29 is 14.7 Å². The molecular weight excluding hydrogens is 254 g/mol. The fraction of sp³-hybridized carbons (Fsp3) is 0.500. The zero-order valence-electron chi connectivity index (χ0n) is 11.8. The van der Waals surface area contributed by atoms with Gasteiger partial charge in [-0.3, -0.25) is 9.59 Å². The molecule has 1 atom stereocenters. The molecule has 4 nitrogen and oxygen atoms in total. The van der Waals surface area contributed by atoms with E-state index in [0.717, 1.165) is 31.2 Å². The highest BCUT2D eigenvalue weighted by Gasteiger charge is 2.30. The van der Waals surface area contributed by atoms with Gasteiger partial charge in [-0.15, -0.1) is 0 Å². The maximum atomic E-state index is 12.6. The fourth-order valence-corrected chi connectivity index (χ4v) is 2.93. The van der Waals surface area contributed by atoms with Crippen LogP contribution in [0, 0.1) is 0 Å². The molecule has 1 aliphatic carbocycles. The molecule has 0 aliphatic heterocycles. The van der Waals surface area contributed by atoms with E-state index in [1.54, 1.807) is 0 Å². The second kappa shape index (κ2) is 6.55. The Kier molecular flexibility index (Phi) is 4.77. The summed E-state index contributed by atoms with van der Waals surface area (Å²) in [6.07, 6.45) is 3.58. The number of carbonyl (C=O) groups excluding carboxylic acids is 1. The average molecular weight is 275 g/mol. The number of benzene rings is 1. The Labute approximate surface area is 119 Å². The third kappa shape index (κ3) is 3.18. The molecule has 1 aliphatic rings. The SMILES string of the molecule is CCCN(CC(=O)O)C(=O)C1CCCc2ccccc21. The van der Waals surface area contributed by atoms with Crippen molar-refractivity contribution in [3.63, 3.8) is 0 Å². The lowest BCUT2D eigenvalue weighted by Crippen LogP contribution is -2.40. The number of amides is 1. The van der Waals surface area contributed by atoms with Crippen molar-refractivity contribution in [2.75, 3.05) is 13.1 Å². The first-order chi connectivity index (χ1) is 9.63. The Balaban J connectivity index is 2.21. The summed E-state index contributed by atoms with van der Waals surface area (Å²) in [7, 11) is 0. The van der Waals surface area contributed by atoms with Crippen molar-refractivity contribution >= 4 is 11.9 Å². The number of aryl methyl sites for hydroxylation is 1. The van der Waals surface area contributed by atoms with E-state index in [0.29, 0.717) is 6.54 Å². The summed E-state index contributed by atoms with van der Waals surface area (Å²) in [6.45, 7) is 2.26. The van der Waals surface area contributed by atoms with Gasteiger partial charge in [0.05, 0.1) is 5.92 Å². The summed E-state index contributed by atoms with van der Waals surface area (Å²) in [4.78, 5) is 25.1. The second-order valence-corrected chi connectivity index (χ2v) is 5.30. The van der Waals surface area contributed by atoms with Crippen LogP contribution < -0.4 is 0 Å². The van der Waals surface area contributed by atoms with Crippen LogP contribution in [0.3, 0.4) is 0 Å². The van der Waals surface area contributed by atoms with Crippen molar-refractivity contribution in [1.82, 2.24) is 4.90 Å². The highest BCUT2D eigenvalue weighted by atomic mass is 16.4. The standard InChI is InChI=1S/C16H21NO3/c1-2-10-17(11-15(18)19)16(20)14-9-5-7-12-6-3-4-8-13(12)14/h3-4,6,8,14H,2,5,7,9-11H2,1H3,(H,18,19). The summed E-state index contributed by atoms with van der Waals surface area (Å²) in [6, 6.07) is 8.01. The molecule has 1 aromatic rings. The lowest BCUT2D eigenvalue weighted by molar-refractivity contribution is -0.145. The maximum absolute atomic E-state index is 12.6. The normalized spacial score (nSPS) is 17.4. The zero-order chi connectivity index (χ0) is 14.5. The van der Waals surface area contributed by atoms with Crippen molar-refractivity contribution in [2.45, 2.75) is 38.5 Å². The largest absolute Gasteiger partial charge is 0.480 e. The molecule has 0 saturated carbocycles. The van der Waals surface area contributed by atoms with Gasteiger partial charge in [-0.25, -0.2) is 0 Å². The highest BCUT2D eigenvalue weighted by Crippen LogP contribution is 2.32. The topological polar surface area (TPSA) is 57.6 Å². The van der Waals surface area contributed by atoms with Gasteiger partial charge in [0.25, 0.3) is 0 Å². The lowest BCUT2D eigenvalue weighted by atomic mass is 9.82. The Morgan fingerprint density at radius 3 is 2.80 bits per heavy atom. The molecule has 0 bridgehead atoms. The van der Waals surface area contributed by atoms with Crippen LogP contribution in [0.5, 0.6) is 0 Å². The first kappa shape index (κ1) is 14.6. The third-order valence-corrected chi connectivity index (χ3v) is 3.80. The minimum atomic E-state index is -0.948. The highest BCUT2D eigenvalue weighted by molar-refractivity contribution is 5.87. The fourth-order valence-electron chi connectivity index (χ4n) is 2.93. The molecule has 1 unspecified atom stereocenters. The number of hydrogen-bond donors (Lipinski definition) is 1. The molecule has 0 radical (unpaired) electrons. The Hall–Kier alpha value is -1.84. The predicted molar refractivity (Wildman–Crippen MR) is 76.6 cm³/mol. The van der Waals surface area contributed by atoms with E-state index >= 15 is 0 Å². The van der Waals surface area contributed by atoms with Gasteiger partial charge >= 0.3 is 5.97 Å². The van der Waals surface area contributed by atoms with Gasteiger partial charge in [0, 0.05) is 6.54 Å². The lowest BCUT2D eigenvalue weighted by Gasteiger charge is -2.30. The molecule has 1 N–H and O–H groups in total. The Bertz CT molecular complexity index is 498.